The van der Waals surface area contributed by atoms with E-state index >= 15 is 0 Å². The summed E-state index contributed by atoms with van der Waals surface area (Å²) < 4.78 is 4.76. The summed E-state index contributed by atoms with van der Waals surface area (Å²) in [6.07, 6.45) is 3.89. The molecule has 0 fully saturated rings. The van der Waals surface area contributed by atoms with E-state index in [9.17, 15) is 4.79 Å². The lowest BCUT2D eigenvalue weighted by Crippen LogP contribution is -2.28. The molecule has 1 aliphatic rings. The van der Waals surface area contributed by atoms with Crippen LogP contribution in [0.4, 0.5) is 0 Å². The lowest BCUT2D eigenvalue weighted by Gasteiger charge is -2.19. The number of nitrogens with zero attached hydrogens (tertiary/aromatic N) is 5. The fourth-order valence-corrected chi connectivity index (χ4v) is 4.60. The molecule has 3 aromatic heterocycles. The predicted molar refractivity (Wildman–Crippen MR) is 105 cm³/mol. The largest absolute Gasteiger partial charge is 0.297 e. The smallest absolute Gasteiger partial charge is 0.271 e. The second-order valence-electron chi connectivity index (χ2n) is 7.09. The monoisotopic (exact) mass is 371 g/mol. The Bertz CT molecular complexity index is 999. The molecule has 26 heavy (non-hydrogen) atoms. The summed E-state index contributed by atoms with van der Waals surface area (Å²) in [5.41, 5.74) is 4.64. The van der Waals surface area contributed by atoms with Gasteiger partial charge in [0, 0.05) is 50.4 Å². The van der Waals surface area contributed by atoms with Crippen LogP contribution in [0.5, 0.6) is 0 Å². The first-order valence-electron chi connectivity index (χ1n) is 9.29. The molecule has 0 unspecified atom stereocenters. The van der Waals surface area contributed by atoms with Crippen molar-refractivity contribution < 1.29 is 0 Å². The molecule has 138 valence electrons. The van der Waals surface area contributed by atoms with Crippen LogP contribution < -0.4 is 5.56 Å². The van der Waals surface area contributed by atoms with Gasteiger partial charge >= 0.3 is 0 Å². The number of aromatic nitrogens is 4. The summed E-state index contributed by atoms with van der Waals surface area (Å²) in [5.74, 6) is 0.921. The molecule has 0 aliphatic carbocycles. The highest BCUT2D eigenvalue weighted by Crippen LogP contribution is 2.22. The Morgan fingerprint density at radius 3 is 2.88 bits per heavy atom. The number of rotatable bonds is 4. The molecule has 4 rings (SSSR count). The van der Waals surface area contributed by atoms with E-state index in [0.717, 1.165) is 60.6 Å². The molecule has 0 aromatic carbocycles. The molecular weight excluding hydrogens is 346 g/mol. The highest BCUT2D eigenvalue weighted by molar-refractivity contribution is 7.17. The van der Waals surface area contributed by atoms with Gasteiger partial charge in [-0.25, -0.2) is 4.98 Å². The van der Waals surface area contributed by atoms with Crippen LogP contribution in [0.3, 0.4) is 0 Å². The van der Waals surface area contributed by atoms with Gasteiger partial charge in [-0.3, -0.25) is 18.9 Å². The van der Waals surface area contributed by atoms with Crippen molar-refractivity contribution in [3.63, 3.8) is 0 Å². The molecule has 0 saturated heterocycles. The maximum Gasteiger partial charge on any atom is 0.271 e. The first-order valence-corrected chi connectivity index (χ1v) is 10.2. The standard InChI is InChI=1S/C19H25N5OS/c1-4-6-24-14(3)15(10-20-24)11-22-7-5-16-21-17-13(2)12-26-18(17)19(25)23(16)9-8-22/h10,12H,4-9,11H2,1-3H3. The number of fused-ring (bicyclic) bond motifs is 2. The van der Waals surface area contributed by atoms with Crippen LogP contribution in [0.15, 0.2) is 16.4 Å². The normalized spacial score (nSPS) is 15.3. The quantitative estimate of drug-likeness (QED) is 0.708. The third kappa shape index (κ3) is 2.99. The summed E-state index contributed by atoms with van der Waals surface area (Å²) in [4.78, 5) is 20.1. The average molecular weight is 372 g/mol. The molecule has 0 N–H and O–H groups in total. The van der Waals surface area contributed by atoms with Gasteiger partial charge < -0.3 is 0 Å². The minimum absolute atomic E-state index is 0.122. The van der Waals surface area contributed by atoms with Gasteiger partial charge in [-0.15, -0.1) is 11.3 Å². The van der Waals surface area contributed by atoms with Crippen molar-refractivity contribution in [3.8, 4) is 0 Å². The molecule has 3 aromatic rings. The van der Waals surface area contributed by atoms with Gasteiger partial charge in [-0.1, -0.05) is 6.92 Å². The highest BCUT2D eigenvalue weighted by Gasteiger charge is 2.20. The van der Waals surface area contributed by atoms with Crippen molar-refractivity contribution >= 4 is 21.6 Å². The zero-order chi connectivity index (χ0) is 18.3. The second-order valence-corrected chi connectivity index (χ2v) is 7.97. The minimum atomic E-state index is 0.122. The molecule has 0 atom stereocenters. The molecular formula is C19H25N5OS. The summed E-state index contributed by atoms with van der Waals surface area (Å²) in [6, 6.07) is 0. The van der Waals surface area contributed by atoms with Crippen molar-refractivity contribution in [1.29, 1.82) is 0 Å². The number of thiophene rings is 1. The van der Waals surface area contributed by atoms with E-state index in [1.54, 1.807) is 0 Å². The van der Waals surface area contributed by atoms with E-state index in [2.05, 4.69) is 28.5 Å². The van der Waals surface area contributed by atoms with Crippen LogP contribution in [0.25, 0.3) is 10.2 Å². The van der Waals surface area contributed by atoms with E-state index in [0.29, 0.717) is 6.54 Å². The Kier molecular flexibility index (Phi) is 4.67. The maximum absolute atomic E-state index is 12.8. The third-order valence-corrected chi connectivity index (χ3v) is 6.33. The second kappa shape index (κ2) is 6.96. The molecule has 0 saturated carbocycles. The zero-order valence-corrected chi connectivity index (χ0v) is 16.5. The minimum Gasteiger partial charge on any atom is -0.297 e. The first kappa shape index (κ1) is 17.4. The first-order chi connectivity index (χ1) is 12.6. The van der Waals surface area contributed by atoms with E-state index in [1.165, 1.54) is 22.6 Å². The molecule has 0 amide bonds. The van der Waals surface area contributed by atoms with Gasteiger partial charge in [0.15, 0.2) is 0 Å². The summed E-state index contributed by atoms with van der Waals surface area (Å²) in [5, 5.41) is 6.54. The summed E-state index contributed by atoms with van der Waals surface area (Å²) in [6.45, 7) is 10.7. The van der Waals surface area contributed by atoms with Crippen molar-refractivity contribution in [1.82, 2.24) is 24.2 Å². The SMILES string of the molecule is CCCn1ncc(CN2CCc3nc4c(C)csc4c(=O)n3CC2)c1C. The maximum atomic E-state index is 12.8. The number of aryl methyl sites for hydroxylation is 2. The Labute approximate surface area is 157 Å². The zero-order valence-electron chi connectivity index (χ0n) is 15.7. The van der Waals surface area contributed by atoms with Gasteiger partial charge in [-0.2, -0.15) is 5.10 Å². The van der Waals surface area contributed by atoms with Gasteiger partial charge in [0.1, 0.15) is 10.5 Å². The van der Waals surface area contributed by atoms with Crippen molar-refractivity contribution in [2.24, 2.45) is 0 Å². The summed E-state index contributed by atoms with van der Waals surface area (Å²) in [7, 11) is 0. The van der Waals surface area contributed by atoms with Crippen molar-refractivity contribution in [3.05, 3.63) is 44.6 Å². The third-order valence-electron chi connectivity index (χ3n) is 5.26. The molecule has 7 heteroatoms. The molecule has 1 aliphatic heterocycles. The van der Waals surface area contributed by atoms with Crippen LogP contribution in [0.2, 0.25) is 0 Å². The molecule has 0 spiro atoms. The summed E-state index contributed by atoms with van der Waals surface area (Å²) >= 11 is 1.51. The predicted octanol–water partition coefficient (Wildman–Crippen LogP) is 2.74. The van der Waals surface area contributed by atoms with Gasteiger partial charge in [0.25, 0.3) is 5.56 Å². The van der Waals surface area contributed by atoms with Gasteiger partial charge in [-0.05, 0) is 31.2 Å². The van der Waals surface area contributed by atoms with E-state index in [4.69, 9.17) is 4.98 Å². The topological polar surface area (TPSA) is 56.0 Å². The highest BCUT2D eigenvalue weighted by atomic mass is 32.1. The van der Waals surface area contributed by atoms with Crippen molar-refractivity contribution in [2.45, 2.75) is 53.2 Å². The van der Waals surface area contributed by atoms with Crippen LogP contribution in [-0.2, 0) is 26.1 Å². The van der Waals surface area contributed by atoms with Gasteiger partial charge in [0.2, 0.25) is 0 Å². The van der Waals surface area contributed by atoms with Gasteiger partial charge in [0.05, 0.1) is 11.7 Å². The Balaban J connectivity index is 1.56. The molecule has 6 nitrogen and oxygen atoms in total. The van der Waals surface area contributed by atoms with E-state index in [-0.39, 0.29) is 5.56 Å². The number of hydrogen-bond acceptors (Lipinski definition) is 5. The molecule has 0 radical (unpaired) electrons. The van der Waals surface area contributed by atoms with E-state index < -0.39 is 0 Å². The van der Waals surface area contributed by atoms with E-state index in [1.807, 2.05) is 23.1 Å². The Morgan fingerprint density at radius 1 is 1.23 bits per heavy atom. The van der Waals surface area contributed by atoms with Crippen LogP contribution in [0.1, 0.15) is 36.0 Å². The van der Waals surface area contributed by atoms with Crippen LogP contribution in [-0.4, -0.2) is 37.3 Å². The fraction of sp³-hybridized carbons (Fsp3) is 0.526. The molecule has 4 heterocycles. The average Bonchev–Trinajstić information content (AvgIpc) is 3.08. The Hall–Kier alpha value is -1.99. The van der Waals surface area contributed by atoms with Crippen LogP contribution in [0, 0.1) is 13.8 Å². The van der Waals surface area contributed by atoms with Crippen molar-refractivity contribution in [2.75, 3.05) is 13.1 Å². The lowest BCUT2D eigenvalue weighted by atomic mass is 10.2. The number of hydrogen-bond donors (Lipinski definition) is 0. The van der Waals surface area contributed by atoms with Crippen LogP contribution >= 0.6 is 11.3 Å². The molecule has 0 bridgehead atoms. The fourth-order valence-electron chi connectivity index (χ4n) is 3.67. The lowest BCUT2D eigenvalue weighted by molar-refractivity contribution is 0.270. The Morgan fingerprint density at radius 2 is 2.08 bits per heavy atom.